The second-order valence-corrected chi connectivity index (χ2v) is 12.0. The molecule has 0 aliphatic carbocycles. The number of carbonyl (C=O) groups excluding carboxylic acids is 1. The first-order valence-electron chi connectivity index (χ1n) is 8.30. The van der Waals surface area contributed by atoms with Gasteiger partial charge in [0.1, 0.15) is 0 Å². The molecule has 0 aliphatic heterocycles. The number of rotatable bonds is 9. The summed E-state index contributed by atoms with van der Waals surface area (Å²) >= 11 is 0. The van der Waals surface area contributed by atoms with Crippen molar-refractivity contribution in [2.75, 3.05) is 0 Å². The zero-order valence-electron chi connectivity index (χ0n) is 15.0. The van der Waals surface area contributed by atoms with Crippen LogP contribution in [-0.2, 0) is 20.7 Å². The van der Waals surface area contributed by atoms with Crippen molar-refractivity contribution >= 4 is 14.0 Å². The van der Waals surface area contributed by atoms with Crippen LogP contribution in [0.15, 0.2) is 42.1 Å². The molecule has 2 atom stereocenters. The average molecular weight is 335 g/mol. The van der Waals surface area contributed by atoms with Crippen LogP contribution < -0.4 is 0 Å². The van der Waals surface area contributed by atoms with Crippen molar-refractivity contribution < 1.29 is 14.3 Å². The maximum Gasteiger partial charge on any atom is 0.304 e. The standard InChI is InChI=1S/C19H30O3Si/c1-16(20)21-17(2)22-19(12-9-15-23(3,4)5)14-13-18-10-7-6-8-11-18/h6-11,15,17,19H,12-14H2,1-5H3/b15-9+/t17?,19-/m0/s1. The van der Waals surface area contributed by atoms with Gasteiger partial charge in [-0.05, 0) is 31.7 Å². The highest BCUT2D eigenvalue weighted by Gasteiger charge is 2.15. The molecule has 4 heteroatoms. The second kappa shape index (κ2) is 9.68. The Bertz CT molecular complexity index is 491. The maximum absolute atomic E-state index is 11.0. The molecule has 0 spiro atoms. The Morgan fingerprint density at radius 1 is 1.22 bits per heavy atom. The number of benzene rings is 1. The van der Waals surface area contributed by atoms with Crippen LogP contribution in [0.2, 0.25) is 19.6 Å². The summed E-state index contributed by atoms with van der Waals surface area (Å²) in [6.07, 6.45) is 4.49. The zero-order valence-corrected chi connectivity index (χ0v) is 16.0. The van der Waals surface area contributed by atoms with E-state index in [9.17, 15) is 4.79 Å². The van der Waals surface area contributed by atoms with Crippen LogP contribution in [0.5, 0.6) is 0 Å². The molecule has 1 rings (SSSR count). The van der Waals surface area contributed by atoms with Gasteiger partial charge in [0.15, 0.2) is 6.29 Å². The lowest BCUT2D eigenvalue weighted by molar-refractivity contribution is -0.182. The Kier molecular flexibility index (Phi) is 8.27. The van der Waals surface area contributed by atoms with Crippen molar-refractivity contribution in [1.29, 1.82) is 0 Å². The van der Waals surface area contributed by atoms with Gasteiger partial charge in [-0.3, -0.25) is 4.79 Å². The Hall–Kier alpha value is -1.39. The van der Waals surface area contributed by atoms with Crippen LogP contribution in [0.4, 0.5) is 0 Å². The summed E-state index contributed by atoms with van der Waals surface area (Å²) in [5.74, 6) is -0.308. The molecule has 1 aromatic carbocycles. The lowest BCUT2D eigenvalue weighted by Crippen LogP contribution is -2.24. The summed E-state index contributed by atoms with van der Waals surface area (Å²) in [7, 11) is -1.20. The van der Waals surface area contributed by atoms with Crippen molar-refractivity contribution in [3.05, 3.63) is 47.7 Å². The molecule has 23 heavy (non-hydrogen) atoms. The predicted molar refractivity (Wildman–Crippen MR) is 98.0 cm³/mol. The fraction of sp³-hybridized carbons (Fsp3) is 0.526. The van der Waals surface area contributed by atoms with Crippen molar-refractivity contribution in [3.8, 4) is 0 Å². The minimum atomic E-state index is -1.20. The first kappa shape index (κ1) is 19.7. The maximum atomic E-state index is 11.0. The van der Waals surface area contributed by atoms with Crippen LogP contribution in [0.3, 0.4) is 0 Å². The molecule has 0 fully saturated rings. The quantitative estimate of drug-likeness (QED) is 0.372. The highest BCUT2D eigenvalue weighted by Crippen LogP contribution is 2.15. The third kappa shape index (κ3) is 10.1. The lowest BCUT2D eigenvalue weighted by atomic mass is 10.0. The topological polar surface area (TPSA) is 35.5 Å². The lowest BCUT2D eigenvalue weighted by Gasteiger charge is -2.21. The summed E-state index contributed by atoms with van der Waals surface area (Å²) in [5, 5.41) is 0. The second-order valence-electron chi connectivity index (χ2n) is 6.96. The predicted octanol–water partition coefficient (Wildman–Crippen LogP) is 4.74. The molecule has 0 saturated carbocycles. The number of aryl methyl sites for hydroxylation is 1. The molecule has 0 saturated heterocycles. The van der Waals surface area contributed by atoms with E-state index in [1.165, 1.54) is 12.5 Å². The van der Waals surface area contributed by atoms with Crippen molar-refractivity contribution in [1.82, 2.24) is 0 Å². The van der Waals surface area contributed by atoms with E-state index in [0.717, 1.165) is 19.3 Å². The summed E-state index contributed by atoms with van der Waals surface area (Å²) in [4.78, 5) is 11.0. The van der Waals surface area contributed by atoms with E-state index in [1.807, 2.05) is 6.07 Å². The molecule has 0 heterocycles. The highest BCUT2D eigenvalue weighted by atomic mass is 28.3. The molecular weight excluding hydrogens is 304 g/mol. The van der Waals surface area contributed by atoms with Crippen molar-refractivity contribution in [2.45, 2.75) is 65.1 Å². The average Bonchev–Trinajstić information content (AvgIpc) is 2.43. The van der Waals surface area contributed by atoms with Gasteiger partial charge in [0.2, 0.25) is 0 Å². The summed E-state index contributed by atoms with van der Waals surface area (Å²) < 4.78 is 11.0. The molecule has 0 radical (unpaired) electrons. The van der Waals surface area contributed by atoms with Crippen LogP contribution in [0, 0.1) is 0 Å². The van der Waals surface area contributed by atoms with Crippen molar-refractivity contribution in [2.24, 2.45) is 0 Å². The first-order chi connectivity index (χ1) is 10.8. The first-order valence-corrected chi connectivity index (χ1v) is 11.9. The van der Waals surface area contributed by atoms with Gasteiger partial charge in [0, 0.05) is 6.92 Å². The molecule has 3 nitrogen and oxygen atoms in total. The molecule has 0 aliphatic rings. The molecule has 1 unspecified atom stereocenters. The fourth-order valence-corrected chi connectivity index (χ4v) is 3.16. The van der Waals surface area contributed by atoms with Crippen LogP contribution >= 0.6 is 0 Å². The van der Waals surface area contributed by atoms with E-state index in [-0.39, 0.29) is 12.1 Å². The van der Waals surface area contributed by atoms with Gasteiger partial charge in [-0.25, -0.2) is 0 Å². The van der Waals surface area contributed by atoms with Crippen LogP contribution in [-0.4, -0.2) is 26.4 Å². The Labute approximate surface area is 141 Å². The number of ether oxygens (including phenoxy) is 2. The van der Waals surface area contributed by atoms with E-state index in [1.54, 1.807) is 6.92 Å². The SMILES string of the molecule is CC(=O)OC(C)O[C@@H](C/C=C/[Si](C)(C)C)CCc1ccccc1. The van der Waals surface area contributed by atoms with Gasteiger partial charge >= 0.3 is 5.97 Å². The zero-order chi connectivity index (χ0) is 17.3. The van der Waals surface area contributed by atoms with Gasteiger partial charge in [-0.2, -0.15) is 0 Å². The Balaban J connectivity index is 2.59. The smallest absolute Gasteiger partial charge is 0.304 e. The largest absolute Gasteiger partial charge is 0.436 e. The molecule has 0 amide bonds. The Morgan fingerprint density at radius 2 is 1.87 bits per heavy atom. The van der Waals surface area contributed by atoms with Gasteiger partial charge in [-0.15, -0.1) is 0 Å². The summed E-state index contributed by atoms with van der Waals surface area (Å²) in [5.41, 5.74) is 3.64. The fourth-order valence-electron chi connectivity index (χ4n) is 2.32. The highest BCUT2D eigenvalue weighted by molar-refractivity contribution is 6.80. The van der Waals surface area contributed by atoms with Crippen LogP contribution in [0.25, 0.3) is 0 Å². The van der Waals surface area contributed by atoms with Gasteiger partial charge in [0.25, 0.3) is 0 Å². The van der Waals surface area contributed by atoms with E-state index < -0.39 is 14.4 Å². The molecule has 128 valence electrons. The van der Waals surface area contributed by atoms with E-state index >= 15 is 0 Å². The van der Waals surface area contributed by atoms with Crippen LogP contribution in [0.1, 0.15) is 32.3 Å². The Morgan fingerprint density at radius 3 is 2.43 bits per heavy atom. The van der Waals surface area contributed by atoms with E-state index in [0.29, 0.717) is 0 Å². The summed E-state index contributed by atoms with van der Waals surface area (Å²) in [6.45, 7) is 10.1. The number of hydrogen-bond acceptors (Lipinski definition) is 3. The summed E-state index contributed by atoms with van der Waals surface area (Å²) in [6, 6.07) is 10.4. The van der Waals surface area contributed by atoms with Gasteiger partial charge < -0.3 is 9.47 Å². The van der Waals surface area contributed by atoms with E-state index in [4.69, 9.17) is 9.47 Å². The minimum absolute atomic E-state index is 0.0529. The van der Waals surface area contributed by atoms with E-state index in [2.05, 4.69) is 55.7 Å². The third-order valence-corrected chi connectivity index (χ3v) is 4.57. The minimum Gasteiger partial charge on any atom is -0.436 e. The number of esters is 1. The molecular formula is C19H30O3Si. The molecule has 0 bridgehead atoms. The van der Waals surface area contributed by atoms with Gasteiger partial charge in [-0.1, -0.05) is 61.7 Å². The van der Waals surface area contributed by atoms with Gasteiger partial charge in [0.05, 0.1) is 14.2 Å². The monoisotopic (exact) mass is 334 g/mol. The normalized spacial score (nSPS) is 14.7. The molecule has 1 aromatic rings. The van der Waals surface area contributed by atoms with Crippen molar-refractivity contribution in [3.63, 3.8) is 0 Å². The number of hydrogen-bond donors (Lipinski definition) is 0. The number of carbonyl (C=O) groups is 1. The third-order valence-electron chi connectivity index (χ3n) is 3.33. The molecule has 0 N–H and O–H groups in total. The molecule has 0 aromatic heterocycles.